The minimum absolute atomic E-state index is 0.0413. The monoisotopic (exact) mass is 901 g/mol. The predicted molar refractivity (Wildman–Crippen MR) is 226 cm³/mol. The zero-order valence-corrected chi connectivity index (χ0v) is 37.6. The van der Waals surface area contributed by atoms with E-state index in [1.807, 2.05) is 30.3 Å². The van der Waals surface area contributed by atoms with Crippen molar-refractivity contribution >= 4 is 11.9 Å². The molecule has 16 nitrogen and oxygen atoms in total. The first-order valence-electron chi connectivity index (χ1n) is 24.0. The Morgan fingerprint density at radius 3 is 2.31 bits per heavy atom. The van der Waals surface area contributed by atoms with Gasteiger partial charge in [0.2, 0.25) is 0 Å². The van der Waals surface area contributed by atoms with Crippen molar-refractivity contribution in [2.75, 3.05) is 26.4 Å². The number of amides is 1. The number of rotatable bonds is 10. The number of alkyl carbamates (subject to hydrolysis) is 1. The number of benzene rings is 1. The molecular weight excluding hydrogens is 831 g/mol. The Hall–Kier alpha value is -2.32. The average Bonchev–Trinajstić information content (AvgIpc) is 3.72. The van der Waals surface area contributed by atoms with Crippen LogP contribution in [0.2, 0.25) is 0 Å². The molecule has 8 fully saturated rings. The van der Waals surface area contributed by atoms with Gasteiger partial charge in [0.25, 0.3) is 0 Å². The molecule has 8 aliphatic rings. The standard InChI is InChI=1S/C48H71NO15/c1-24-12-16-48(59-22-24)25(2)35-32(64-48)19-30-29-11-10-27-18-28(13-15-46(27,3)36(29)31(51)20-47(30,35)4)60-43-41(56)39(54)42(33(21-50)61-43)63-44-40(55)38(53)37(52)34(62-44)23-58-45(57)49-17-14-26-8-6-5-7-9-26/h5-9,24-25,27-30,32-44,50,52-56H,10-23H2,1-4H3,(H,49,57)/t24-,25?,27+,28+,29+,30+,32?,33-,34-,35?,36-,37-,38+,39-,40-,41-,42-,43-,44+,46+,47+,48-/m1/s1. The van der Waals surface area contributed by atoms with Crippen molar-refractivity contribution in [1.29, 1.82) is 0 Å². The lowest BCUT2D eigenvalue weighted by molar-refractivity contribution is -0.364. The summed E-state index contributed by atoms with van der Waals surface area (Å²) in [6, 6.07) is 9.53. The number of hydrogen-bond donors (Lipinski definition) is 7. The first-order valence-corrected chi connectivity index (χ1v) is 24.0. The first kappa shape index (κ1) is 46.8. The Balaban J connectivity index is 0.788. The molecule has 4 aliphatic carbocycles. The molecule has 4 heterocycles. The number of ether oxygens (including phenoxy) is 7. The summed E-state index contributed by atoms with van der Waals surface area (Å²) in [6.45, 7) is 9.03. The fourth-order valence-corrected chi connectivity index (χ4v) is 14.2. The summed E-state index contributed by atoms with van der Waals surface area (Å²) in [5, 5.41) is 67.9. The van der Waals surface area contributed by atoms with Crippen LogP contribution in [0.25, 0.3) is 0 Å². The van der Waals surface area contributed by atoms with Gasteiger partial charge in [-0.2, -0.15) is 0 Å². The van der Waals surface area contributed by atoms with Crippen molar-refractivity contribution in [2.24, 2.45) is 52.3 Å². The molecule has 9 rings (SSSR count). The van der Waals surface area contributed by atoms with Gasteiger partial charge in [0.05, 0.1) is 25.4 Å². The SMILES string of the molecule is CC1C2C(C[C@H]3[C@@H]4CC[C@H]5C[C@@H](O[C@@H]6O[C@H](CO)[C@@H](O[C@@H]7O[C@H](COC(=O)NCCc8ccccc8)[C@@H](O)[C@H](O)[C@H]7O)[C@H](O)[C@H]6O)CC[C@]5(C)[C@H]4C(=O)C[C@]23C)O[C@]12CC[C@@H](C)CO2. The van der Waals surface area contributed by atoms with Gasteiger partial charge in [0.1, 0.15) is 61.2 Å². The zero-order valence-electron chi connectivity index (χ0n) is 37.6. The minimum Gasteiger partial charge on any atom is -0.447 e. The highest BCUT2D eigenvalue weighted by Crippen LogP contribution is 2.70. The topological polar surface area (TPSA) is 232 Å². The number of fused-ring (bicyclic) bond motifs is 7. The molecular formula is C48H71NO15. The van der Waals surface area contributed by atoms with Crippen LogP contribution in [0, 0.1) is 52.3 Å². The van der Waals surface area contributed by atoms with Crippen LogP contribution in [0.4, 0.5) is 4.79 Å². The van der Waals surface area contributed by atoms with Gasteiger partial charge < -0.3 is 69.1 Å². The van der Waals surface area contributed by atoms with Crippen LogP contribution in [0.15, 0.2) is 30.3 Å². The molecule has 4 aliphatic heterocycles. The van der Waals surface area contributed by atoms with Crippen LogP contribution in [-0.4, -0.2) is 148 Å². The number of carbonyl (C=O) groups is 2. The number of ketones is 1. The van der Waals surface area contributed by atoms with E-state index in [4.69, 9.17) is 33.2 Å². The highest BCUT2D eigenvalue weighted by Gasteiger charge is 2.71. The Kier molecular flexibility index (Phi) is 13.4. The van der Waals surface area contributed by atoms with Crippen molar-refractivity contribution in [2.45, 2.75) is 171 Å². The van der Waals surface area contributed by atoms with Gasteiger partial charge in [0.15, 0.2) is 18.4 Å². The lowest BCUT2D eigenvalue weighted by atomic mass is 9.44. The lowest BCUT2D eigenvalue weighted by Gasteiger charge is -2.60. The third kappa shape index (κ3) is 8.27. The molecule has 64 heavy (non-hydrogen) atoms. The second-order valence-corrected chi connectivity index (χ2v) is 21.3. The summed E-state index contributed by atoms with van der Waals surface area (Å²) in [5.74, 6) is 1.77. The normalized spacial score (nSPS) is 50.0. The van der Waals surface area contributed by atoms with E-state index in [1.54, 1.807) is 0 Å². The maximum absolute atomic E-state index is 14.6. The van der Waals surface area contributed by atoms with Gasteiger partial charge in [-0.3, -0.25) is 4.79 Å². The first-order chi connectivity index (χ1) is 30.6. The average molecular weight is 902 g/mol. The van der Waals surface area contributed by atoms with Crippen molar-refractivity contribution in [3.05, 3.63) is 35.9 Å². The quantitative estimate of drug-likeness (QED) is 0.167. The predicted octanol–water partition coefficient (Wildman–Crippen LogP) is 2.60. The van der Waals surface area contributed by atoms with E-state index in [9.17, 15) is 40.2 Å². The van der Waals surface area contributed by atoms with E-state index in [1.165, 1.54) is 0 Å². The Morgan fingerprint density at radius 2 is 1.58 bits per heavy atom. The molecule has 0 bridgehead atoms. The van der Waals surface area contributed by atoms with Crippen LogP contribution >= 0.6 is 0 Å². The fourth-order valence-electron chi connectivity index (χ4n) is 14.2. The molecule has 0 aromatic heterocycles. The summed E-state index contributed by atoms with van der Waals surface area (Å²) in [5.41, 5.74) is 0.686. The summed E-state index contributed by atoms with van der Waals surface area (Å²) in [6.07, 6.45) is -8.53. The summed E-state index contributed by atoms with van der Waals surface area (Å²) >= 11 is 0. The molecule has 1 amide bonds. The second-order valence-electron chi connectivity index (χ2n) is 21.3. The van der Waals surface area contributed by atoms with E-state index in [0.29, 0.717) is 55.1 Å². The molecule has 1 spiro atoms. The van der Waals surface area contributed by atoms with Crippen LogP contribution in [-0.2, 0) is 44.4 Å². The van der Waals surface area contributed by atoms with Gasteiger partial charge in [-0.25, -0.2) is 4.79 Å². The Morgan fingerprint density at radius 1 is 0.844 bits per heavy atom. The molecule has 4 saturated heterocycles. The highest BCUT2D eigenvalue weighted by molar-refractivity contribution is 5.84. The molecule has 7 N–H and O–H groups in total. The van der Waals surface area contributed by atoms with Crippen LogP contribution in [0.3, 0.4) is 0 Å². The van der Waals surface area contributed by atoms with Gasteiger partial charge in [-0.1, -0.05) is 58.0 Å². The number of Topliss-reactive ketones (excluding diaryl/α,β-unsaturated/α-hetero) is 1. The highest BCUT2D eigenvalue weighted by atomic mass is 16.7. The van der Waals surface area contributed by atoms with E-state index >= 15 is 0 Å². The minimum atomic E-state index is -1.81. The van der Waals surface area contributed by atoms with E-state index in [-0.39, 0.29) is 47.3 Å². The third-order valence-electron chi connectivity index (χ3n) is 17.6. The largest absolute Gasteiger partial charge is 0.447 e. The molecule has 3 unspecified atom stereocenters. The summed E-state index contributed by atoms with van der Waals surface area (Å²) in [4.78, 5) is 27.0. The smallest absolute Gasteiger partial charge is 0.407 e. The molecule has 22 atom stereocenters. The zero-order chi connectivity index (χ0) is 45.3. The van der Waals surface area contributed by atoms with Crippen LogP contribution < -0.4 is 5.32 Å². The van der Waals surface area contributed by atoms with Crippen molar-refractivity contribution < 1.29 is 73.4 Å². The number of carbonyl (C=O) groups excluding carboxylic acids is 2. The molecule has 4 saturated carbocycles. The van der Waals surface area contributed by atoms with Gasteiger partial charge in [-0.05, 0) is 97.3 Å². The molecule has 1 aromatic carbocycles. The van der Waals surface area contributed by atoms with Crippen molar-refractivity contribution in [3.63, 3.8) is 0 Å². The van der Waals surface area contributed by atoms with Gasteiger partial charge >= 0.3 is 6.09 Å². The van der Waals surface area contributed by atoms with Gasteiger partial charge in [-0.15, -0.1) is 0 Å². The number of aliphatic hydroxyl groups is 6. The third-order valence-corrected chi connectivity index (χ3v) is 17.6. The van der Waals surface area contributed by atoms with E-state index < -0.39 is 86.5 Å². The van der Waals surface area contributed by atoms with E-state index in [0.717, 1.165) is 50.7 Å². The molecule has 358 valence electrons. The second kappa shape index (κ2) is 18.3. The summed E-state index contributed by atoms with van der Waals surface area (Å²) in [7, 11) is 0. The lowest BCUT2D eigenvalue weighted by Crippen LogP contribution is -2.65. The maximum Gasteiger partial charge on any atom is 0.407 e. The van der Waals surface area contributed by atoms with Crippen molar-refractivity contribution in [3.8, 4) is 0 Å². The summed E-state index contributed by atoms with van der Waals surface area (Å²) < 4.78 is 42.7. The van der Waals surface area contributed by atoms with Gasteiger partial charge in [0, 0.05) is 31.2 Å². The maximum atomic E-state index is 14.6. The van der Waals surface area contributed by atoms with Crippen LogP contribution in [0.1, 0.15) is 91.0 Å². The van der Waals surface area contributed by atoms with E-state index in [2.05, 4.69) is 33.0 Å². The number of nitrogens with one attached hydrogen (secondary N) is 1. The molecule has 1 aromatic rings. The van der Waals surface area contributed by atoms with Crippen molar-refractivity contribution in [1.82, 2.24) is 5.32 Å². The number of aliphatic hydroxyl groups excluding tert-OH is 6. The Bertz CT molecular complexity index is 1800. The fraction of sp³-hybridized carbons (Fsp3) is 0.833. The number of hydrogen-bond acceptors (Lipinski definition) is 15. The van der Waals surface area contributed by atoms with Crippen LogP contribution in [0.5, 0.6) is 0 Å². The molecule has 0 radical (unpaired) electrons. The Labute approximate surface area is 375 Å². The molecule has 16 heteroatoms.